The van der Waals surface area contributed by atoms with Gasteiger partial charge in [0.05, 0.1) is 6.61 Å². The van der Waals surface area contributed by atoms with Gasteiger partial charge in [-0.3, -0.25) is 9.89 Å². The van der Waals surface area contributed by atoms with E-state index in [2.05, 4.69) is 65.3 Å². The third-order valence-electron chi connectivity index (χ3n) is 6.00. The molecule has 0 amide bonds. The second-order valence-electron chi connectivity index (χ2n) is 8.34. The fraction of sp³-hybridized carbons (Fsp3) is 0.682. The van der Waals surface area contributed by atoms with E-state index in [0.29, 0.717) is 17.9 Å². The Kier molecular flexibility index (Phi) is 9.50. The predicted molar refractivity (Wildman–Crippen MR) is 128 cm³/mol. The number of guanidine groups is 1. The fourth-order valence-corrected chi connectivity index (χ4v) is 4.37. The molecule has 6 heteroatoms. The molecule has 158 valence electrons. The molecule has 2 heterocycles. The highest BCUT2D eigenvalue weighted by molar-refractivity contribution is 14.0. The number of benzene rings is 1. The van der Waals surface area contributed by atoms with E-state index in [4.69, 9.17) is 4.74 Å². The molecule has 3 rings (SSSR count). The summed E-state index contributed by atoms with van der Waals surface area (Å²) in [6, 6.07) is 9.37. The van der Waals surface area contributed by atoms with Gasteiger partial charge in [0.15, 0.2) is 5.96 Å². The maximum atomic E-state index is 5.52. The van der Waals surface area contributed by atoms with Crippen molar-refractivity contribution in [2.75, 3.05) is 46.9 Å². The van der Waals surface area contributed by atoms with Gasteiger partial charge in [-0.1, -0.05) is 38.1 Å². The number of hydrogen-bond acceptors (Lipinski definition) is 3. The Morgan fingerprint density at radius 3 is 2.71 bits per heavy atom. The molecule has 2 atom stereocenters. The van der Waals surface area contributed by atoms with Gasteiger partial charge in [0.1, 0.15) is 0 Å². The molecular formula is C22H37IN4O. The normalized spacial score (nSPS) is 21.2. The molecule has 1 fully saturated rings. The van der Waals surface area contributed by atoms with E-state index in [9.17, 15) is 0 Å². The molecule has 5 nitrogen and oxygen atoms in total. The lowest BCUT2D eigenvalue weighted by atomic mass is 9.95. The van der Waals surface area contributed by atoms with Gasteiger partial charge in [-0.2, -0.15) is 0 Å². The molecule has 2 aliphatic heterocycles. The van der Waals surface area contributed by atoms with E-state index < -0.39 is 0 Å². The molecule has 2 aliphatic rings. The summed E-state index contributed by atoms with van der Waals surface area (Å²) in [5.74, 6) is 2.20. The second-order valence-corrected chi connectivity index (χ2v) is 8.34. The number of hydrogen-bond donors (Lipinski definition) is 1. The van der Waals surface area contributed by atoms with Crippen LogP contribution in [0.15, 0.2) is 29.3 Å². The van der Waals surface area contributed by atoms with Crippen LogP contribution in [-0.2, 0) is 17.7 Å². The fourth-order valence-electron chi connectivity index (χ4n) is 4.37. The monoisotopic (exact) mass is 500 g/mol. The molecule has 0 aromatic heterocycles. The van der Waals surface area contributed by atoms with E-state index in [0.717, 1.165) is 58.2 Å². The maximum Gasteiger partial charge on any atom is 0.193 e. The minimum Gasteiger partial charge on any atom is -0.381 e. The zero-order chi connectivity index (χ0) is 19.2. The lowest BCUT2D eigenvalue weighted by molar-refractivity contribution is 0.139. The molecule has 0 aliphatic carbocycles. The number of aliphatic imine (C=N–C) groups is 1. The third-order valence-corrected chi connectivity index (χ3v) is 6.00. The van der Waals surface area contributed by atoms with Crippen LogP contribution in [0, 0.1) is 11.8 Å². The van der Waals surface area contributed by atoms with E-state index in [1.165, 1.54) is 11.1 Å². The molecule has 28 heavy (non-hydrogen) atoms. The number of nitrogens with zero attached hydrogens (tertiary/aromatic N) is 3. The summed E-state index contributed by atoms with van der Waals surface area (Å²) < 4.78 is 5.52. The van der Waals surface area contributed by atoms with Crippen LogP contribution in [0.5, 0.6) is 0 Å². The van der Waals surface area contributed by atoms with Crippen LogP contribution < -0.4 is 5.32 Å². The minimum absolute atomic E-state index is 0. The highest BCUT2D eigenvalue weighted by Crippen LogP contribution is 2.23. The standard InChI is InChI=1S/C22H36N4O.HI/c1-17(2)21(26-11-9-19-7-5-6-8-20(19)15-26)13-24-22(23-3)25(4)14-18-10-12-27-16-18;/h5-8,17-18,21H,9-16H2,1-4H3,(H,23,24);1H. The van der Waals surface area contributed by atoms with Gasteiger partial charge in [0.25, 0.3) is 0 Å². The number of fused-ring (bicyclic) bond motifs is 1. The van der Waals surface area contributed by atoms with Gasteiger partial charge in [0.2, 0.25) is 0 Å². The number of rotatable bonds is 6. The molecular weight excluding hydrogens is 463 g/mol. The van der Waals surface area contributed by atoms with Gasteiger partial charge in [-0.15, -0.1) is 24.0 Å². The van der Waals surface area contributed by atoms with Crippen molar-refractivity contribution in [2.24, 2.45) is 16.8 Å². The van der Waals surface area contributed by atoms with Crippen molar-refractivity contribution in [1.82, 2.24) is 15.1 Å². The SMILES string of the molecule is CN=C(NCC(C(C)C)N1CCc2ccccc2C1)N(C)CC1CCOC1.I. The molecule has 1 N–H and O–H groups in total. The Morgan fingerprint density at radius 2 is 2.07 bits per heavy atom. The van der Waals surface area contributed by atoms with E-state index in [1.54, 1.807) is 0 Å². The Balaban J connectivity index is 0.00000280. The maximum absolute atomic E-state index is 5.52. The predicted octanol–water partition coefficient (Wildman–Crippen LogP) is 3.23. The van der Waals surface area contributed by atoms with Crippen molar-refractivity contribution in [1.29, 1.82) is 0 Å². The van der Waals surface area contributed by atoms with Crippen molar-refractivity contribution < 1.29 is 4.74 Å². The zero-order valence-corrected chi connectivity index (χ0v) is 20.2. The molecule has 1 aromatic rings. The first-order chi connectivity index (χ1) is 13.1. The number of ether oxygens (including phenoxy) is 1. The molecule has 0 spiro atoms. The summed E-state index contributed by atoms with van der Waals surface area (Å²) in [6.45, 7) is 10.6. The van der Waals surface area contributed by atoms with Crippen LogP contribution >= 0.6 is 24.0 Å². The Labute approximate surface area is 187 Å². The highest BCUT2D eigenvalue weighted by atomic mass is 127. The zero-order valence-electron chi connectivity index (χ0n) is 17.9. The van der Waals surface area contributed by atoms with Gasteiger partial charge in [-0.05, 0) is 29.9 Å². The molecule has 1 aromatic carbocycles. The quantitative estimate of drug-likeness (QED) is 0.370. The Morgan fingerprint density at radius 1 is 1.32 bits per heavy atom. The van der Waals surface area contributed by atoms with Crippen LogP contribution in [0.3, 0.4) is 0 Å². The summed E-state index contributed by atoms with van der Waals surface area (Å²) in [7, 11) is 4.01. The molecule has 0 radical (unpaired) electrons. The van der Waals surface area contributed by atoms with Crippen molar-refractivity contribution in [2.45, 2.75) is 39.3 Å². The topological polar surface area (TPSA) is 40.1 Å². The first kappa shape index (κ1) is 23.4. The smallest absolute Gasteiger partial charge is 0.193 e. The summed E-state index contributed by atoms with van der Waals surface area (Å²) >= 11 is 0. The van der Waals surface area contributed by atoms with Crippen LogP contribution in [0.1, 0.15) is 31.4 Å². The summed E-state index contributed by atoms with van der Waals surface area (Å²) in [6.07, 6.45) is 2.30. The van der Waals surface area contributed by atoms with Crippen molar-refractivity contribution in [3.63, 3.8) is 0 Å². The molecule has 2 unspecified atom stereocenters. The largest absolute Gasteiger partial charge is 0.381 e. The average molecular weight is 500 g/mol. The summed E-state index contributed by atoms with van der Waals surface area (Å²) in [4.78, 5) is 9.40. The van der Waals surface area contributed by atoms with E-state index in [-0.39, 0.29) is 24.0 Å². The molecule has 1 saturated heterocycles. The van der Waals surface area contributed by atoms with Gasteiger partial charge in [0, 0.05) is 58.8 Å². The van der Waals surface area contributed by atoms with Gasteiger partial charge < -0.3 is 15.0 Å². The van der Waals surface area contributed by atoms with Crippen molar-refractivity contribution >= 4 is 29.9 Å². The lowest BCUT2D eigenvalue weighted by Crippen LogP contribution is -2.51. The third kappa shape index (κ3) is 6.07. The highest BCUT2D eigenvalue weighted by Gasteiger charge is 2.26. The van der Waals surface area contributed by atoms with Gasteiger partial charge in [-0.25, -0.2) is 0 Å². The van der Waals surface area contributed by atoms with Crippen LogP contribution in [-0.4, -0.2) is 68.7 Å². The summed E-state index contributed by atoms with van der Waals surface area (Å²) in [5, 5.41) is 3.64. The number of nitrogens with one attached hydrogen (secondary N) is 1. The van der Waals surface area contributed by atoms with Crippen molar-refractivity contribution in [3.05, 3.63) is 35.4 Å². The second kappa shape index (κ2) is 11.4. The van der Waals surface area contributed by atoms with Crippen LogP contribution in [0.2, 0.25) is 0 Å². The summed E-state index contributed by atoms with van der Waals surface area (Å²) in [5.41, 5.74) is 3.00. The van der Waals surface area contributed by atoms with Crippen LogP contribution in [0.25, 0.3) is 0 Å². The Bertz CT molecular complexity index is 631. The molecule has 0 saturated carbocycles. The number of halogens is 1. The van der Waals surface area contributed by atoms with Crippen LogP contribution in [0.4, 0.5) is 0 Å². The Hall–Kier alpha value is -0.860. The van der Waals surface area contributed by atoms with E-state index >= 15 is 0 Å². The van der Waals surface area contributed by atoms with Crippen molar-refractivity contribution in [3.8, 4) is 0 Å². The average Bonchev–Trinajstić information content (AvgIpc) is 3.17. The van der Waals surface area contributed by atoms with Gasteiger partial charge >= 0.3 is 0 Å². The first-order valence-electron chi connectivity index (χ1n) is 10.4. The van der Waals surface area contributed by atoms with E-state index in [1.807, 2.05) is 7.05 Å². The molecule has 0 bridgehead atoms. The minimum atomic E-state index is 0. The lowest BCUT2D eigenvalue weighted by Gasteiger charge is -2.38. The first-order valence-corrected chi connectivity index (χ1v) is 10.4.